The van der Waals surface area contributed by atoms with Crippen molar-refractivity contribution in [3.05, 3.63) is 0 Å². The van der Waals surface area contributed by atoms with Crippen LogP contribution in [-0.2, 0) is 12.6 Å². The summed E-state index contributed by atoms with van der Waals surface area (Å²) in [5, 5.41) is 7.65. The zero-order valence-electron chi connectivity index (χ0n) is 3.26. The molecule has 6 heavy (non-hydrogen) atoms. The van der Waals surface area contributed by atoms with Crippen molar-refractivity contribution in [3.63, 3.8) is 0 Å². The first-order chi connectivity index (χ1) is 2.27. The van der Waals surface area contributed by atoms with Gasteiger partial charge in [0.2, 0.25) is 0 Å². The second-order valence-corrected chi connectivity index (χ2v) is 1.47. The quantitative estimate of drug-likeness (QED) is 0.201. The van der Waals surface area contributed by atoms with E-state index in [2.05, 4.69) is 24.8 Å². The van der Waals surface area contributed by atoms with Gasteiger partial charge in [0, 0.05) is 0 Å². The molecule has 0 heterocycles. The minimum atomic E-state index is -0.0231. The van der Waals surface area contributed by atoms with Crippen molar-refractivity contribution in [2.24, 2.45) is 0 Å². The van der Waals surface area contributed by atoms with Crippen molar-refractivity contribution in [2.75, 3.05) is 0 Å². The van der Waals surface area contributed by atoms with Crippen LogP contribution < -0.4 is 29.6 Å². The third-order valence-corrected chi connectivity index (χ3v) is 0.274. The van der Waals surface area contributed by atoms with Crippen LogP contribution in [0, 0.1) is 11.3 Å². The molecule has 0 aromatic heterocycles. The molecule has 0 aromatic carbocycles. The van der Waals surface area contributed by atoms with Crippen molar-refractivity contribution < 1.29 is 29.6 Å². The van der Waals surface area contributed by atoms with Gasteiger partial charge in [-0.3, -0.25) is 0 Å². The van der Waals surface area contributed by atoms with Crippen molar-refractivity contribution in [3.8, 4) is 6.07 Å². The van der Waals surface area contributed by atoms with Gasteiger partial charge in [0.1, 0.15) is 0 Å². The summed E-state index contributed by atoms with van der Waals surface area (Å²) in [6.07, 6.45) is 0. The average molecular weight is 125 g/mol. The predicted molar refractivity (Wildman–Crippen MR) is 25.6 cm³/mol. The van der Waals surface area contributed by atoms with E-state index in [1.165, 1.54) is 0 Å². The number of nitriles is 1. The van der Waals surface area contributed by atoms with Crippen LogP contribution in [0.1, 0.15) is 0 Å². The summed E-state index contributed by atoms with van der Waals surface area (Å²) in [5.41, 5.74) is 0. The topological polar surface area (TPSA) is 23.8 Å². The molecule has 0 amide bonds. The Hall–Kier alpha value is 0.800. The molecular weight excluding hydrogens is 125 g/mol. The van der Waals surface area contributed by atoms with Gasteiger partial charge in [-0.05, 0) is 4.20 Å². The summed E-state index contributed by atoms with van der Waals surface area (Å²) in [5.74, 6) is 0. The Morgan fingerprint density at radius 1 is 1.83 bits per heavy atom. The summed E-state index contributed by atoms with van der Waals surface area (Å²) in [4.78, 5) is 0. The standard InChI is InChI=1S/C2HNS2.Na/c3-1-2(4)5;/h(H,4,5);/q;+1/p-1. The first kappa shape index (κ1) is 9.93. The molecule has 26 valence electrons. The van der Waals surface area contributed by atoms with Crippen LogP contribution in [0.5, 0.6) is 0 Å². The summed E-state index contributed by atoms with van der Waals surface area (Å²) < 4.78 is -0.0231. The first-order valence-corrected chi connectivity index (χ1v) is 1.70. The van der Waals surface area contributed by atoms with Crippen LogP contribution in [0.4, 0.5) is 0 Å². The zero-order chi connectivity index (χ0) is 4.28. The molecule has 0 unspecified atom stereocenters. The number of hydrogen-bond donors (Lipinski definition) is 0. The van der Waals surface area contributed by atoms with Crippen molar-refractivity contribution in [1.82, 2.24) is 0 Å². The van der Waals surface area contributed by atoms with E-state index in [1.54, 1.807) is 6.07 Å². The fourth-order valence-electron chi connectivity index (χ4n) is 0. The molecule has 0 aliphatic heterocycles. The van der Waals surface area contributed by atoms with Crippen molar-refractivity contribution >= 4 is 29.0 Å². The largest absolute Gasteiger partial charge is 1.00 e. The van der Waals surface area contributed by atoms with Crippen molar-refractivity contribution in [2.45, 2.75) is 0 Å². The van der Waals surface area contributed by atoms with Gasteiger partial charge >= 0.3 is 29.6 Å². The van der Waals surface area contributed by atoms with E-state index in [0.717, 1.165) is 0 Å². The van der Waals surface area contributed by atoms with Gasteiger partial charge < -0.3 is 24.8 Å². The number of nitrogens with zero attached hydrogens (tertiary/aromatic N) is 1. The fraction of sp³-hybridized carbons (Fsp3) is 0. The Balaban J connectivity index is 0. The number of hydrogen-bond acceptors (Lipinski definition) is 3. The molecule has 0 aromatic rings. The predicted octanol–water partition coefficient (Wildman–Crippen LogP) is -2.61. The Bertz CT molecular complexity index is 84.0. The molecule has 0 spiro atoms. The third kappa shape index (κ3) is 8.84. The Kier molecular flexibility index (Phi) is 9.60. The molecule has 0 rings (SSSR count). The molecule has 0 atom stereocenters. The van der Waals surface area contributed by atoms with Gasteiger partial charge in [0.15, 0.2) is 0 Å². The average Bonchev–Trinajstić information content (AvgIpc) is 1.38. The minimum absolute atomic E-state index is 0. The summed E-state index contributed by atoms with van der Waals surface area (Å²) in [7, 11) is 0. The molecule has 0 bridgehead atoms. The van der Waals surface area contributed by atoms with Gasteiger partial charge in [0.25, 0.3) is 0 Å². The van der Waals surface area contributed by atoms with E-state index in [9.17, 15) is 0 Å². The maximum Gasteiger partial charge on any atom is 1.00 e. The molecule has 0 aliphatic rings. The Labute approximate surface area is 69.4 Å². The molecule has 0 fully saturated rings. The molecule has 1 nitrogen and oxygen atoms in total. The SMILES string of the molecule is N#CC(=S)[S-].[Na+]. The minimum Gasteiger partial charge on any atom is -0.418 e. The Morgan fingerprint density at radius 3 is 2.00 bits per heavy atom. The molecule has 0 radical (unpaired) electrons. The van der Waals surface area contributed by atoms with Crippen LogP contribution in [-0.4, -0.2) is 4.20 Å². The second-order valence-electron chi connectivity index (χ2n) is 0.399. The molecule has 0 saturated carbocycles. The first-order valence-electron chi connectivity index (χ1n) is 0.882. The second kappa shape index (κ2) is 5.80. The van der Waals surface area contributed by atoms with E-state index in [4.69, 9.17) is 5.26 Å². The summed E-state index contributed by atoms with van der Waals surface area (Å²) in [6, 6.07) is 1.57. The van der Waals surface area contributed by atoms with Gasteiger partial charge in [-0.2, -0.15) is 5.26 Å². The van der Waals surface area contributed by atoms with E-state index < -0.39 is 0 Å². The molecule has 4 heteroatoms. The number of thiocarbonyl (C=S) groups is 1. The third-order valence-electron chi connectivity index (χ3n) is 0.0913. The van der Waals surface area contributed by atoms with Gasteiger partial charge in [-0.1, -0.05) is 0 Å². The maximum atomic E-state index is 7.65. The van der Waals surface area contributed by atoms with E-state index in [0.29, 0.717) is 0 Å². The molecule has 0 saturated heterocycles. The van der Waals surface area contributed by atoms with Crippen LogP contribution in [0.25, 0.3) is 0 Å². The number of rotatable bonds is 0. The van der Waals surface area contributed by atoms with Crippen LogP contribution in [0.2, 0.25) is 0 Å². The van der Waals surface area contributed by atoms with Gasteiger partial charge in [-0.25, -0.2) is 0 Å². The smallest absolute Gasteiger partial charge is 0.418 e. The zero-order valence-corrected chi connectivity index (χ0v) is 6.90. The molecule has 0 N–H and O–H groups in total. The normalized spacial score (nSPS) is 4.50. The van der Waals surface area contributed by atoms with E-state index >= 15 is 0 Å². The van der Waals surface area contributed by atoms with Crippen molar-refractivity contribution in [1.29, 1.82) is 5.26 Å². The summed E-state index contributed by atoms with van der Waals surface area (Å²) >= 11 is 8.30. The Morgan fingerprint density at radius 2 is 2.00 bits per heavy atom. The van der Waals surface area contributed by atoms with Crippen LogP contribution >= 0.6 is 12.2 Å². The van der Waals surface area contributed by atoms with Crippen LogP contribution in [0.15, 0.2) is 0 Å². The monoisotopic (exact) mass is 125 g/mol. The van der Waals surface area contributed by atoms with Gasteiger partial charge in [-0.15, -0.1) is 0 Å². The summed E-state index contributed by atoms with van der Waals surface area (Å²) in [6.45, 7) is 0. The molecular formula is C2NNaS2. The van der Waals surface area contributed by atoms with Gasteiger partial charge in [0.05, 0.1) is 6.07 Å². The van der Waals surface area contributed by atoms with Crippen LogP contribution in [0.3, 0.4) is 0 Å². The maximum absolute atomic E-state index is 7.65. The molecule has 0 aliphatic carbocycles. The van der Waals surface area contributed by atoms with E-state index in [-0.39, 0.29) is 33.8 Å². The van der Waals surface area contributed by atoms with E-state index in [1.807, 2.05) is 0 Å². The fourth-order valence-corrected chi connectivity index (χ4v) is 0.